The van der Waals surface area contributed by atoms with Gasteiger partial charge in [-0.1, -0.05) is 41.4 Å². The highest BCUT2D eigenvalue weighted by Crippen LogP contribution is 2.37. The molecule has 0 radical (unpaired) electrons. The van der Waals surface area contributed by atoms with E-state index in [4.69, 9.17) is 42.1 Å². The van der Waals surface area contributed by atoms with Gasteiger partial charge >= 0.3 is 0 Å². The van der Waals surface area contributed by atoms with Crippen molar-refractivity contribution in [2.45, 2.75) is 26.5 Å². The van der Waals surface area contributed by atoms with Gasteiger partial charge in [0.1, 0.15) is 6.61 Å². The van der Waals surface area contributed by atoms with Gasteiger partial charge in [0.15, 0.2) is 23.0 Å². The molecule has 3 rings (SSSR count). The summed E-state index contributed by atoms with van der Waals surface area (Å²) in [6.07, 6.45) is 0.856. The summed E-state index contributed by atoms with van der Waals surface area (Å²) >= 11 is 12.5. The molecule has 3 aromatic rings. The molecule has 0 atom stereocenters. The van der Waals surface area contributed by atoms with Crippen molar-refractivity contribution in [1.29, 1.82) is 0 Å². The van der Waals surface area contributed by atoms with Gasteiger partial charge in [-0.2, -0.15) is 0 Å². The van der Waals surface area contributed by atoms with Crippen LogP contribution in [0.3, 0.4) is 0 Å². The van der Waals surface area contributed by atoms with Gasteiger partial charge in [-0.3, -0.25) is 0 Å². The van der Waals surface area contributed by atoms with Gasteiger partial charge < -0.3 is 24.3 Å². The predicted molar refractivity (Wildman–Crippen MR) is 141 cm³/mol. The third-order valence-electron chi connectivity index (χ3n) is 5.03. The fourth-order valence-corrected chi connectivity index (χ4v) is 3.78. The predicted octanol–water partition coefficient (Wildman–Crippen LogP) is 6.74. The molecule has 0 amide bonds. The molecule has 0 unspecified atom stereocenters. The Hall–Kier alpha value is -2.31. The van der Waals surface area contributed by atoms with Gasteiger partial charge in [0, 0.05) is 11.6 Å². The highest BCUT2D eigenvalue weighted by Gasteiger charge is 2.13. The molecule has 0 aliphatic rings. The van der Waals surface area contributed by atoms with Gasteiger partial charge in [0.25, 0.3) is 0 Å². The van der Waals surface area contributed by atoms with Gasteiger partial charge in [0.05, 0.1) is 25.8 Å². The molecule has 3 aromatic carbocycles. The number of ether oxygens (including phenoxy) is 4. The largest absolute Gasteiger partial charge is 0.493 e. The molecule has 5 nitrogen and oxygen atoms in total. The summed E-state index contributed by atoms with van der Waals surface area (Å²) in [5.41, 5.74) is 3.19. The Morgan fingerprint density at radius 1 is 0.765 bits per heavy atom. The first-order valence-corrected chi connectivity index (χ1v) is 11.5. The van der Waals surface area contributed by atoms with E-state index in [9.17, 15) is 0 Å². The molecule has 0 aliphatic heterocycles. The van der Waals surface area contributed by atoms with Crippen LogP contribution in [0.15, 0.2) is 54.6 Å². The van der Waals surface area contributed by atoms with Gasteiger partial charge in [-0.05, 0) is 73.0 Å². The zero-order valence-corrected chi connectivity index (χ0v) is 21.9. The van der Waals surface area contributed by atoms with E-state index in [0.717, 1.165) is 35.6 Å². The van der Waals surface area contributed by atoms with Crippen molar-refractivity contribution >= 4 is 35.6 Å². The smallest absolute Gasteiger partial charge is 0.180 e. The van der Waals surface area contributed by atoms with E-state index in [-0.39, 0.29) is 12.4 Å². The number of hydrogen-bond acceptors (Lipinski definition) is 5. The third kappa shape index (κ3) is 7.88. The molecule has 0 heterocycles. The minimum Gasteiger partial charge on any atom is -0.493 e. The van der Waals surface area contributed by atoms with E-state index in [1.165, 1.54) is 5.56 Å². The SMILES string of the molecule is CCOc1cc(CNCCc2ccc(OC)c(OC)c2)cc(Cl)c1OCc1ccc(Cl)cc1.Cl. The van der Waals surface area contributed by atoms with Crippen molar-refractivity contribution in [2.75, 3.05) is 27.4 Å². The Morgan fingerprint density at radius 3 is 2.12 bits per heavy atom. The molecule has 1 N–H and O–H groups in total. The fraction of sp³-hybridized carbons (Fsp3) is 0.308. The summed E-state index contributed by atoms with van der Waals surface area (Å²) < 4.78 is 22.5. The molecule has 0 spiro atoms. The van der Waals surface area contributed by atoms with E-state index >= 15 is 0 Å². The summed E-state index contributed by atoms with van der Waals surface area (Å²) in [6, 6.07) is 17.4. The van der Waals surface area contributed by atoms with Gasteiger partial charge in [-0.25, -0.2) is 0 Å². The Labute approximate surface area is 217 Å². The second-order valence-corrected chi connectivity index (χ2v) is 8.21. The first-order chi connectivity index (χ1) is 16.0. The lowest BCUT2D eigenvalue weighted by molar-refractivity contribution is 0.269. The van der Waals surface area contributed by atoms with Crippen LogP contribution in [0, 0.1) is 0 Å². The van der Waals surface area contributed by atoms with Crippen molar-refractivity contribution in [3.05, 3.63) is 81.3 Å². The Kier molecular flexibility index (Phi) is 11.6. The van der Waals surface area contributed by atoms with Crippen LogP contribution in [0.5, 0.6) is 23.0 Å². The first-order valence-electron chi connectivity index (χ1n) is 10.8. The summed E-state index contributed by atoms with van der Waals surface area (Å²) in [5, 5.41) is 4.67. The number of halogens is 3. The average molecular weight is 527 g/mol. The summed E-state index contributed by atoms with van der Waals surface area (Å²) in [7, 11) is 3.27. The van der Waals surface area contributed by atoms with Crippen LogP contribution in [0.25, 0.3) is 0 Å². The third-order valence-corrected chi connectivity index (χ3v) is 5.57. The van der Waals surface area contributed by atoms with E-state index < -0.39 is 0 Å². The van der Waals surface area contributed by atoms with Crippen molar-refractivity contribution in [1.82, 2.24) is 5.32 Å². The highest BCUT2D eigenvalue weighted by atomic mass is 35.5. The van der Waals surface area contributed by atoms with Crippen molar-refractivity contribution in [3.8, 4) is 23.0 Å². The first kappa shape index (κ1) is 27.9. The maximum atomic E-state index is 6.55. The minimum absolute atomic E-state index is 0. The summed E-state index contributed by atoms with van der Waals surface area (Å²) in [5.74, 6) is 2.64. The molecule has 0 fully saturated rings. The Balaban J connectivity index is 0.00000408. The summed E-state index contributed by atoms with van der Waals surface area (Å²) in [4.78, 5) is 0. The molecule has 0 saturated heterocycles. The average Bonchev–Trinajstić information content (AvgIpc) is 2.82. The van der Waals surface area contributed by atoms with Crippen molar-refractivity contribution in [2.24, 2.45) is 0 Å². The number of nitrogens with one attached hydrogen (secondary N) is 1. The maximum Gasteiger partial charge on any atom is 0.180 e. The quantitative estimate of drug-likeness (QED) is 0.265. The van der Waals surface area contributed by atoms with E-state index in [1.807, 2.05) is 61.5 Å². The zero-order chi connectivity index (χ0) is 23.6. The van der Waals surface area contributed by atoms with Crippen molar-refractivity contribution < 1.29 is 18.9 Å². The van der Waals surface area contributed by atoms with Crippen LogP contribution in [0.1, 0.15) is 23.6 Å². The van der Waals surface area contributed by atoms with Crippen molar-refractivity contribution in [3.63, 3.8) is 0 Å². The Bertz CT molecular complexity index is 1040. The number of hydrogen-bond donors (Lipinski definition) is 1. The highest BCUT2D eigenvalue weighted by molar-refractivity contribution is 6.32. The normalized spacial score (nSPS) is 10.4. The Morgan fingerprint density at radius 2 is 1.44 bits per heavy atom. The second kappa shape index (κ2) is 14.2. The van der Waals surface area contributed by atoms with Crippen LogP contribution in [0.4, 0.5) is 0 Å². The molecular weight excluding hydrogens is 497 g/mol. The zero-order valence-electron chi connectivity index (χ0n) is 19.5. The lowest BCUT2D eigenvalue weighted by Gasteiger charge is -2.16. The molecule has 34 heavy (non-hydrogen) atoms. The molecule has 0 saturated carbocycles. The van der Waals surface area contributed by atoms with Crippen LogP contribution in [0.2, 0.25) is 10.0 Å². The van der Waals surface area contributed by atoms with E-state index in [0.29, 0.717) is 41.3 Å². The van der Waals surface area contributed by atoms with E-state index in [2.05, 4.69) is 5.32 Å². The van der Waals surface area contributed by atoms with Gasteiger partial charge in [0.2, 0.25) is 0 Å². The number of rotatable bonds is 12. The molecule has 0 aromatic heterocycles. The summed E-state index contributed by atoms with van der Waals surface area (Å²) in [6.45, 7) is 4.28. The van der Waals surface area contributed by atoms with Crippen LogP contribution in [-0.2, 0) is 19.6 Å². The van der Waals surface area contributed by atoms with Crippen LogP contribution in [-0.4, -0.2) is 27.4 Å². The molecule has 184 valence electrons. The minimum atomic E-state index is 0. The monoisotopic (exact) mass is 525 g/mol. The van der Waals surface area contributed by atoms with Crippen LogP contribution >= 0.6 is 35.6 Å². The molecule has 8 heteroatoms. The number of methoxy groups -OCH3 is 2. The molecule has 0 aliphatic carbocycles. The van der Waals surface area contributed by atoms with E-state index in [1.54, 1.807) is 14.2 Å². The second-order valence-electron chi connectivity index (χ2n) is 7.37. The maximum absolute atomic E-state index is 6.55. The topological polar surface area (TPSA) is 49.0 Å². The fourth-order valence-electron chi connectivity index (χ4n) is 3.36. The van der Waals surface area contributed by atoms with Gasteiger partial charge in [-0.15, -0.1) is 12.4 Å². The lowest BCUT2D eigenvalue weighted by Crippen LogP contribution is -2.17. The standard InChI is InChI=1S/C26H29Cl2NO4.ClH/c1-4-32-25-15-20(13-22(28)26(25)33-17-19-5-8-21(27)9-6-19)16-29-12-11-18-7-10-23(30-2)24(14-18)31-3;/h5-10,13-15,29H,4,11-12,16-17H2,1-3H3;1H. The molecule has 0 bridgehead atoms. The molecular formula is C26H30Cl3NO4. The number of benzene rings is 3. The van der Waals surface area contributed by atoms with Crippen LogP contribution < -0.4 is 24.3 Å². The lowest BCUT2D eigenvalue weighted by atomic mass is 10.1.